The van der Waals surface area contributed by atoms with Gasteiger partial charge in [-0.2, -0.15) is 0 Å². The number of nitrogens with zero attached hydrogens (tertiary/aromatic N) is 2. The van der Waals surface area contributed by atoms with E-state index in [1.54, 1.807) is 6.20 Å². The zero-order chi connectivity index (χ0) is 14.7. The maximum absolute atomic E-state index is 12.4. The highest BCUT2D eigenvalue weighted by molar-refractivity contribution is 7.12. The Morgan fingerprint density at radius 3 is 3.19 bits per heavy atom. The lowest BCUT2D eigenvalue weighted by molar-refractivity contribution is -0.120. The van der Waals surface area contributed by atoms with Gasteiger partial charge in [-0.1, -0.05) is 6.07 Å². The van der Waals surface area contributed by atoms with Crippen molar-refractivity contribution in [2.24, 2.45) is 5.92 Å². The number of ketones is 1. The highest BCUT2D eigenvalue weighted by atomic mass is 32.1. The minimum absolute atomic E-state index is 0.0298. The number of nitrogens with one attached hydrogen (secondary N) is 1. The third-order valence-corrected chi connectivity index (χ3v) is 4.64. The van der Waals surface area contributed by atoms with Gasteiger partial charge in [0.1, 0.15) is 0 Å². The van der Waals surface area contributed by atoms with Gasteiger partial charge in [-0.05, 0) is 30.2 Å². The molecule has 3 heterocycles. The highest BCUT2D eigenvalue weighted by Crippen LogP contribution is 2.19. The van der Waals surface area contributed by atoms with Crippen LogP contribution in [0.2, 0.25) is 0 Å². The quantitative estimate of drug-likeness (QED) is 0.880. The predicted octanol–water partition coefficient (Wildman–Crippen LogP) is 2.09. The average Bonchev–Trinajstić information content (AvgIpc) is 3.11. The molecule has 0 aromatic carbocycles. The Morgan fingerprint density at radius 2 is 2.38 bits per heavy atom. The van der Waals surface area contributed by atoms with Gasteiger partial charge in [0.05, 0.1) is 4.88 Å². The normalized spacial score (nSPS) is 19.0. The molecule has 2 aromatic heterocycles. The molecule has 0 saturated carbocycles. The molecule has 0 aliphatic carbocycles. The average molecular weight is 303 g/mol. The summed E-state index contributed by atoms with van der Waals surface area (Å²) in [6.45, 7) is 1.45. The molecule has 1 amide bonds. The number of imidazole rings is 1. The van der Waals surface area contributed by atoms with Crippen molar-refractivity contribution >= 4 is 23.0 Å². The van der Waals surface area contributed by atoms with Crippen LogP contribution in [0.15, 0.2) is 29.9 Å². The lowest BCUT2D eigenvalue weighted by Gasteiger charge is -2.15. The first kappa shape index (κ1) is 14.0. The second kappa shape index (κ2) is 6.22. The van der Waals surface area contributed by atoms with Gasteiger partial charge in [0.2, 0.25) is 11.7 Å². The van der Waals surface area contributed by atoms with Crippen LogP contribution in [0, 0.1) is 5.92 Å². The Bertz CT molecular complexity index is 633. The fraction of sp³-hybridized carbons (Fsp3) is 0.400. The Morgan fingerprint density at radius 1 is 1.48 bits per heavy atom. The van der Waals surface area contributed by atoms with E-state index in [-0.39, 0.29) is 11.7 Å². The first-order valence-corrected chi connectivity index (χ1v) is 7.98. The summed E-state index contributed by atoms with van der Waals surface area (Å²) in [6, 6.07) is 3.69. The van der Waals surface area contributed by atoms with Crippen molar-refractivity contribution in [1.29, 1.82) is 0 Å². The monoisotopic (exact) mass is 303 g/mol. The zero-order valence-electron chi connectivity index (χ0n) is 11.6. The summed E-state index contributed by atoms with van der Waals surface area (Å²) in [6.07, 6.45) is 5.88. The van der Waals surface area contributed by atoms with E-state index >= 15 is 0 Å². The maximum Gasteiger partial charge on any atom is 0.238 e. The largest absolute Gasteiger partial charge is 0.356 e. The number of carbonyl (C=O) groups excluding carboxylic acids is 2. The number of carbonyl (C=O) groups is 2. The van der Waals surface area contributed by atoms with E-state index in [0.29, 0.717) is 29.6 Å². The van der Waals surface area contributed by atoms with Crippen LogP contribution in [0.4, 0.5) is 0 Å². The molecule has 1 fully saturated rings. The Kier molecular flexibility index (Phi) is 4.15. The van der Waals surface area contributed by atoms with Crippen LogP contribution in [0.25, 0.3) is 0 Å². The number of aromatic nitrogens is 2. The predicted molar refractivity (Wildman–Crippen MR) is 80.3 cm³/mol. The van der Waals surface area contributed by atoms with Crippen molar-refractivity contribution in [2.75, 3.05) is 6.54 Å². The van der Waals surface area contributed by atoms with Crippen molar-refractivity contribution in [3.63, 3.8) is 0 Å². The molecule has 0 radical (unpaired) electrons. The van der Waals surface area contributed by atoms with Crippen LogP contribution in [0.1, 0.15) is 34.8 Å². The Balaban J connectivity index is 1.73. The summed E-state index contributed by atoms with van der Waals surface area (Å²) in [5, 5.41) is 4.78. The van der Waals surface area contributed by atoms with Gasteiger partial charge in [-0.3, -0.25) is 9.59 Å². The molecule has 6 heteroatoms. The van der Waals surface area contributed by atoms with Gasteiger partial charge >= 0.3 is 0 Å². The van der Waals surface area contributed by atoms with Gasteiger partial charge in [0, 0.05) is 31.9 Å². The number of thiophene rings is 1. The van der Waals surface area contributed by atoms with Crippen LogP contribution in [-0.4, -0.2) is 27.8 Å². The van der Waals surface area contributed by atoms with Crippen molar-refractivity contribution in [2.45, 2.75) is 25.8 Å². The van der Waals surface area contributed by atoms with E-state index in [1.807, 2.05) is 28.3 Å². The molecule has 3 rings (SSSR count). The van der Waals surface area contributed by atoms with Crippen molar-refractivity contribution in [1.82, 2.24) is 14.9 Å². The second-order valence-electron chi connectivity index (χ2n) is 5.25. The highest BCUT2D eigenvalue weighted by Gasteiger charge is 2.20. The van der Waals surface area contributed by atoms with Gasteiger partial charge in [-0.25, -0.2) is 4.98 Å². The van der Waals surface area contributed by atoms with E-state index in [2.05, 4.69) is 10.3 Å². The molecule has 1 aliphatic heterocycles. The molecule has 1 aliphatic rings. The lowest BCUT2D eigenvalue weighted by atomic mass is 10.0. The molecule has 1 atom stereocenters. The zero-order valence-corrected chi connectivity index (χ0v) is 12.4. The molecule has 21 heavy (non-hydrogen) atoms. The van der Waals surface area contributed by atoms with Crippen molar-refractivity contribution < 1.29 is 9.59 Å². The molecule has 1 N–H and O–H groups in total. The standard InChI is InChI=1S/C15H17N3O2S/c19-13-4-3-11(5-6-16-13)10-18-8-7-17-15(18)14(20)12-2-1-9-21-12/h1-2,7-9,11H,3-6,10H2,(H,16,19). The smallest absolute Gasteiger partial charge is 0.238 e. The van der Waals surface area contributed by atoms with Gasteiger partial charge in [-0.15, -0.1) is 11.3 Å². The van der Waals surface area contributed by atoms with Gasteiger partial charge in [0.15, 0.2) is 5.82 Å². The first-order valence-electron chi connectivity index (χ1n) is 7.10. The first-order chi connectivity index (χ1) is 10.2. The van der Waals surface area contributed by atoms with Crippen LogP contribution in [0.5, 0.6) is 0 Å². The van der Waals surface area contributed by atoms with Crippen molar-refractivity contribution in [3.8, 4) is 0 Å². The summed E-state index contributed by atoms with van der Waals surface area (Å²) in [5.41, 5.74) is 0. The fourth-order valence-electron chi connectivity index (χ4n) is 2.63. The SMILES string of the molecule is O=C1CCC(Cn2ccnc2C(=O)c2cccs2)CCN1. The molecule has 0 spiro atoms. The maximum atomic E-state index is 12.4. The van der Waals surface area contributed by atoms with Gasteiger partial charge in [0.25, 0.3) is 0 Å². The molecule has 1 saturated heterocycles. The minimum Gasteiger partial charge on any atom is -0.356 e. The summed E-state index contributed by atoms with van der Waals surface area (Å²) >= 11 is 1.43. The van der Waals surface area contributed by atoms with E-state index < -0.39 is 0 Å². The lowest BCUT2D eigenvalue weighted by Crippen LogP contribution is -2.21. The second-order valence-corrected chi connectivity index (χ2v) is 6.20. The third kappa shape index (κ3) is 3.21. The third-order valence-electron chi connectivity index (χ3n) is 3.77. The number of hydrogen-bond acceptors (Lipinski definition) is 4. The summed E-state index contributed by atoms with van der Waals surface area (Å²) in [7, 11) is 0. The van der Waals surface area contributed by atoms with Crippen LogP contribution >= 0.6 is 11.3 Å². The summed E-state index contributed by atoms with van der Waals surface area (Å²) < 4.78 is 1.92. The number of amides is 1. The number of rotatable bonds is 4. The van der Waals surface area contributed by atoms with E-state index in [0.717, 1.165) is 19.4 Å². The molecular formula is C15H17N3O2S. The van der Waals surface area contributed by atoms with E-state index in [1.165, 1.54) is 11.3 Å². The van der Waals surface area contributed by atoms with Gasteiger partial charge < -0.3 is 9.88 Å². The molecule has 110 valence electrons. The van der Waals surface area contributed by atoms with E-state index in [9.17, 15) is 9.59 Å². The molecule has 0 bridgehead atoms. The molecule has 5 nitrogen and oxygen atoms in total. The molecule has 1 unspecified atom stereocenters. The fourth-order valence-corrected chi connectivity index (χ4v) is 3.29. The summed E-state index contributed by atoms with van der Waals surface area (Å²) in [5.74, 6) is 0.977. The van der Waals surface area contributed by atoms with Crippen LogP contribution in [-0.2, 0) is 11.3 Å². The topological polar surface area (TPSA) is 64.0 Å². The Labute approximate surface area is 127 Å². The Hall–Kier alpha value is -1.95. The summed E-state index contributed by atoms with van der Waals surface area (Å²) in [4.78, 5) is 28.7. The van der Waals surface area contributed by atoms with Crippen molar-refractivity contribution in [3.05, 3.63) is 40.6 Å². The number of hydrogen-bond donors (Lipinski definition) is 1. The molecule has 2 aromatic rings. The minimum atomic E-state index is -0.0298. The van der Waals surface area contributed by atoms with E-state index in [4.69, 9.17) is 0 Å². The van der Waals surface area contributed by atoms with Crippen LogP contribution < -0.4 is 5.32 Å². The van der Waals surface area contributed by atoms with Crippen LogP contribution in [0.3, 0.4) is 0 Å². The molecular weight excluding hydrogens is 286 g/mol.